The molecule has 3 rings (SSSR count). The molecule has 2 aromatic rings. The summed E-state index contributed by atoms with van der Waals surface area (Å²) >= 11 is 7.15. The van der Waals surface area contributed by atoms with Gasteiger partial charge in [0.1, 0.15) is 11.9 Å². The van der Waals surface area contributed by atoms with Crippen molar-refractivity contribution in [1.29, 1.82) is 0 Å². The number of ether oxygens (including phenoxy) is 1. The van der Waals surface area contributed by atoms with Gasteiger partial charge in [-0.1, -0.05) is 15.9 Å². The topological polar surface area (TPSA) is 29.5 Å². The van der Waals surface area contributed by atoms with Crippen molar-refractivity contribution in [2.75, 3.05) is 12.9 Å². The van der Waals surface area contributed by atoms with E-state index in [9.17, 15) is 5.11 Å². The van der Waals surface area contributed by atoms with E-state index < -0.39 is 6.10 Å². The van der Waals surface area contributed by atoms with Gasteiger partial charge in [-0.15, -0.1) is 11.3 Å². The van der Waals surface area contributed by atoms with E-state index in [0.29, 0.717) is 0 Å². The minimum Gasteiger partial charge on any atom is -0.496 e. The minimum atomic E-state index is -0.622. The highest BCUT2D eigenvalue weighted by Gasteiger charge is 2.21. The Hall–Kier alpha value is -0.490. The molecule has 1 unspecified atom stereocenters. The van der Waals surface area contributed by atoms with Crippen LogP contribution in [0.3, 0.4) is 0 Å². The molecule has 1 aromatic heterocycles. The first-order chi connectivity index (χ1) is 9.69. The molecule has 0 aliphatic carbocycles. The fraction of sp³-hybridized carbons (Fsp3) is 0.333. The minimum absolute atomic E-state index is 0.622. The second kappa shape index (κ2) is 6.10. The number of methoxy groups -OCH3 is 1. The SMILES string of the molecule is COc1ccc(Br)cc1C(O)c1cc2c(s1)CCSC2. The van der Waals surface area contributed by atoms with Crippen molar-refractivity contribution in [3.05, 3.63) is 49.6 Å². The second-order valence-corrected chi connectivity index (χ2v) is 7.88. The van der Waals surface area contributed by atoms with Crippen LogP contribution < -0.4 is 4.74 Å². The normalized spacial score (nSPS) is 15.8. The first kappa shape index (κ1) is 14.4. The maximum absolute atomic E-state index is 10.7. The number of hydrogen-bond acceptors (Lipinski definition) is 4. The Balaban J connectivity index is 1.97. The molecule has 0 bridgehead atoms. The summed E-state index contributed by atoms with van der Waals surface area (Å²) in [6.45, 7) is 0. The number of aryl methyl sites for hydroxylation is 1. The summed E-state index contributed by atoms with van der Waals surface area (Å²) in [6.07, 6.45) is 0.496. The third-order valence-electron chi connectivity index (χ3n) is 3.40. The van der Waals surface area contributed by atoms with Crippen molar-refractivity contribution in [3.8, 4) is 5.75 Å². The van der Waals surface area contributed by atoms with Gasteiger partial charge in [-0.2, -0.15) is 11.8 Å². The van der Waals surface area contributed by atoms with Crippen LogP contribution in [0.15, 0.2) is 28.7 Å². The van der Waals surface area contributed by atoms with E-state index in [0.717, 1.165) is 32.8 Å². The molecule has 2 nitrogen and oxygen atoms in total. The van der Waals surface area contributed by atoms with Gasteiger partial charge in [0, 0.05) is 25.5 Å². The van der Waals surface area contributed by atoms with Crippen LogP contribution in [0.2, 0.25) is 0 Å². The zero-order valence-electron chi connectivity index (χ0n) is 11.1. The fourth-order valence-electron chi connectivity index (χ4n) is 2.38. The standard InChI is InChI=1S/C15H15BrO2S2/c1-18-12-3-2-10(16)7-11(12)15(17)14-6-9-8-19-5-4-13(9)20-14/h2-3,6-7,15,17H,4-5,8H2,1H3. The zero-order valence-corrected chi connectivity index (χ0v) is 14.3. The Bertz CT molecular complexity index is 601. The van der Waals surface area contributed by atoms with Gasteiger partial charge in [0.25, 0.3) is 0 Å². The van der Waals surface area contributed by atoms with Gasteiger partial charge < -0.3 is 9.84 Å². The average Bonchev–Trinajstić information content (AvgIpc) is 2.90. The molecule has 0 fully saturated rings. The third-order valence-corrected chi connectivity index (χ3v) is 6.19. The Kier molecular flexibility index (Phi) is 4.40. The van der Waals surface area contributed by atoms with Gasteiger partial charge in [-0.05, 0) is 42.0 Å². The van der Waals surface area contributed by atoms with E-state index in [2.05, 4.69) is 22.0 Å². The lowest BCUT2D eigenvalue weighted by Crippen LogP contribution is -2.00. The van der Waals surface area contributed by atoms with Gasteiger partial charge in [0.05, 0.1) is 7.11 Å². The Morgan fingerprint density at radius 3 is 2.95 bits per heavy atom. The summed E-state index contributed by atoms with van der Waals surface area (Å²) in [5.74, 6) is 2.97. The molecular weight excluding hydrogens is 356 g/mol. The van der Waals surface area contributed by atoms with Crippen molar-refractivity contribution in [2.45, 2.75) is 18.3 Å². The van der Waals surface area contributed by atoms with Gasteiger partial charge in [0.15, 0.2) is 0 Å². The fourth-order valence-corrected chi connectivity index (χ4v) is 5.14. The van der Waals surface area contributed by atoms with Crippen molar-refractivity contribution in [2.24, 2.45) is 0 Å². The highest BCUT2D eigenvalue weighted by molar-refractivity contribution is 9.10. The first-order valence-corrected chi connectivity index (χ1v) is 9.16. The van der Waals surface area contributed by atoms with Crippen molar-refractivity contribution in [3.63, 3.8) is 0 Å². The largest absolute Gasteiger partial charge is 0.496 e. The Labute approximate surface area is 135 Å². The molecule has 1 aliphatic heterocycles. The van der Waals surface area contributed by atoms with Gasteiger partial charge in [0.2, 0.25) is 0 Å². The lowest BCUT2D eigenvalue weighted by atomic mass is 10.1. The number of fused-ring (bicyclic) bond motifs is 1. The summed E-state index contributed by atoms with van der Waals surface area (Å²) in [4.78, 5) is 2.43. The number of halogens is 1. The lowest BCUT2D eigenvalue weighted by Gasteiger charge is -2.14. The van der Waals surface area contributed by atoms with E-state index >= 15 is 0 Å². The molecule has 1 N–H and O–H groups in total. The maximum Gasteiger partial charge on any atom is 0.125 e. The number of benzene rings is 1. The summed E-state index contributed by atoms with van der Waals surface area (Å²) in [7, 11) is 1.63. The molecule has 1 aromatic carbocycles. The van der Waals surface area contributed by atoms with Crippen LogP contribution in [0, 0.1) is 0 Å². The van der Waals surface area contributed by atoms with Crippen LogP contribution in [0.25, 0.3) is 0 Å². The number of thiophene rings is 1. The van der Waals surface area contributed by atoms with Crippen molar-refractivity contribution < 1.29 is 9.84 Å². The number of rotatable bonds is 3. The smallest absolute Gasteiger partial charge is 0.125 e. The summed E-state index contributed by atoms with van der Waals surface area (Å²) in [6, 6.07) is 7.88. The average molecular weight is 371 g/mol. The van der Waals surface area contributed by atoms with Crippen LogP contribution in [-0.4, -0.2) is 18.0 Å². The van der Waals surface area contributed by atoms with Crippen LogP contribution in [0.4, 0.5) is 0 Å². The monoisotopic (exact) mass is 370 g/mol. The molecule has 2 heterocycles. The second-order valence-electron chi connectivity index (χ2n) is 4.69. The van der Waals surface area contributed by atoms with Gasteiger partial charge >= 0.3 is 0 Å². The van der Waals surface area contributed by atoms with Gasteiger partial charge in [-0.3, -0.25) is 0 Å². The van der Waals surface area contributed by atoms with Crippen molar-refractivity contribution >= 4 is 39.0 Å². The predicted molar refractivity (Wildman–Crippen MR) is 88.9 cm³/mol. The van der Waals surface area contributed by atoms with E-state index in [1.165, 1.54) is 16.2 Å². The number of aliphatic hydroxyl groups excluding tert-OH is 1. The van der Waals surface area contributed by atoms with Gasteiger partial charge in [-0.25, -0.2) is 0 Å². The molecule has 1 atom stereocenters. The molecule has 20 heavy (non-hydrogen) atoms. The number of thioether (sulfide) groups is 1. The highest BCUT2D eigenvalue weighted by atomic mass is 79.9. The van der Waals surface area contributed by atoms with E-state index in [-0.39, 0.29) is 0 Å². The molecule has 5 heteroatoms. The summed E-state index contributed by atoms with van der Waals surface area (Å²) in [5, 5.41) is 10.7. The van der Waals surface area contributed by atoms with Crippen LogP contribution >= 0.6 is 39.0 Å². The molecule has 0 saturated carbocycles. The Morgan fingerprint density at radius 2 is 2.20 bits per heavy atom. The Morgan fingerprint density at radius 1 is 1.35 bits per heavy atom. The van der Waals surface area contributed by atoms with Crippen LogP contribution in [0.5, 0.6) is 5.75 Å². The van der Waals surface area contributed by atoms with E-state index in [4.69, 9.17) is 4.74 Å². The van der Waals surface area contributed by atoms with Crippen molar-refractivity contribution in [1.82, 2.24) is 0 Å². The predicted octanol–water partition coefficient (Wildman–Crippen LogP) is 4.39. The molecule has 0 saturated heterocycles. The van der Waals surface area contributed by atoms with Crippen LogP contribution in [-0.2, 0) is 12.2 Å². The molecule has 0 amide bonds. The first-order valence-electron chi connectivity index (χ1n) is 6.39. The summed E-state index contributed by atoms with van der Waals surface area (Å²) < 4.78 is 6.31. The third kappa shape index (κ3) is 2.77. The molecular formula is C15H15BrO2S2. The van der Waals surface area contributed by atoms with E-state index in [1.54, 1.807) is 18.4 Å². The molecule has 0 radical (unpaired) electrons. The number of hydrogen-bond donors (Lipinski definition) is 1. The van der Waals surface area contributed by atoms with Crippen LogP contribution in [0.1, 0.15) is 27.0 Å². The highest BCUT2D eigenvalue weighted by Crippen LogP contribution is 2.39. The number of aliphatic hydroxyl groups is 1. The summed E-state index contributed by atoms with van der Waals surface area (Å²) in [5.41, 5.74) is 2.20. The lowest BCUT2D eigenvalue weighted by molar-refractivity contribution is 0.218. The quantitative estimate of drug-likeness (QED) is 0.868. The molecule has 106 valence electrons. The zero-order chi connectivity index (χ0) is 14.1. The molecule has 1 aliphatic rings. The van der Waals surface area contributed by atoms with E-state index in [1.807, 2.05) is 30.0 Å². The maximum atomic E-state index is 10.7. The molecule has 0 spiro atoms.